The van der Waals surface area contributed by atoms with Crippen LogP contribution in [0, 0.1) is 11.3 Å². The van der Waals surface area contributed by atoms with E-state index in [-0.39, 0.29) is 38.8 Å². The first-order valence-electron chi connectivity index (χ1n) is 9.61. The SMILES string of the molecule is C=N/C(NC)=C(\C=C(/C)SC(F)(F)F)NC(=O)c1ncc(C2(C#N)CC2)cc1S(=O)(=O)CC. The normalized spacial score (nSPS) is 16.3. The second-order valence-corrected chi connectivity index (χ2v) is 10.7. The summed E-state index contributed by atoms with van der Waals surface area (Å²) in [6.45, 7) is 5.91. The lowest BCUT2D eigenvalue weighted by atomic mass is 9.99. The molecule has 13 heteroatoms. The molecular formula is C20H22F3N5O3S2. The highest BCUT2D eigenvalue weighted by atomic mass is 32.2. The molecule has 0 atom stereocenters. The molecule has 2 N–H and O–H groups in total. The number of allylic oxidation sites excluding steroid dienone is 2. The molecule has 0 aliphatic heterocycles. The molecule has 0 unspecified atom stereocenters. The minimum absolute atomic E-state index is 0.0385. The van der Waals surface area contributed by atoms with Gasteiger partial charge in [-0.1, -0.05) is 6.92 Å². The van der Waals surface area contributed by atoms with Crippen molar-refractivity contribution in [2.75, 3.05) is 12.8 Å². The molecule has 178 valence electrons. The van der Waals surface area contributed by atoms with Crippen LogP contribution in [0.1, 0.15) is 42.7 Å². The van der Waals surface area contributed by atoms with E-state index in [2.05, 4.69) is 33.4 Å². The monoisotopic (exact) mass is 501 g/mol. The molecule has 1 amide bonds. The summed E-state index contributed by atoms with van der Waals surface area (Å²) in [5.74, 6) is -1.33. The van der Waals surface area contributed by atoms with E-state index in [0.29, 0.717) is 18.4 Å². The Hall–Kier alpha value is -2.85. The van der Waals surface area contributed by atoms with Gasteiger partial charge in [0.05, 0.1) is 27.8 Å². The number of aromatic nitrogens is 1. The number of rotatable bonds is 9. The van der Waals surface area contributed by atoms with Gasteiger partial charge >= 0.3 is 5.51 Å². The highest BCUT2D eigenvalue weighted by Crippen LogP contribution is 2.47. The predicted octanol–water partition coefficient (Wildman–Crippen LogP) is 3.41. The number of carbonyl (C=O) groups is 1. The molecule has 0 aromatic carbocycles. The number of alkyl halides is 3. The van der Waals surface area contributed by atoms with Crippen molar-refractivity contribution in [3.05, 3.63) is 46.0 Å². The zero-order valence-electron chi connectivity index (χ0n) is 18.1. The summed E-state index contributed by atoms with van der Waals surface area (Å²) in [5.41, 5.74) is -5.58. The minimum atomic E-state index is -4.55. The highest BCUT2D eigenvalue weighted by molar-refractivity contribution is 8.03. The molecule has 0 saturated heterocycles. The van der Waals surface area contributed by atoms with E-state index in [0.717, 1.165) is 6.08 Å². The smallest absolute Gasteiger partial charge is 0.371 e. The maximum Gasteiger partial charge on any atom is 0.446 e. The van der Waals surface area contributed by atoms with E-state index in [9.17, 15) is 31.6 Å². The zero-order valence-corrected chi connectivity index (χ0v) is 19.7. The second-order valence-electron chi connectivity index (χ2n) is 7.10. The number of thioether (sulfide) groups is 1. The number of nitrogens with zero attached hydrogens (tertiary/aromatic N) is 3. The third kappa shape index (κ3) is 6.35. The van der Waals surface area contributed by atoms with Gasteiger partial charge in [0.15, 0.2) is 9.84 Å². The molecule has 1 fully saturated rings. The summed E-state index contributed by atoms with van der Waals surface area (Å²) in [6.07, 6.45) is 3.40. The van der Waals surface area contributed by atoms with Gasteiger partial charge in [-0.05, 0) is 60.9 Å². The molecular weight excluding hydrogens is 479 g/mol. The number of carbonyl (C=O) groups excluding carboxylic acids is 1. The fourth-order valence-electron chi connectivity index (χ4n) is 2.92. The molecule has 1 aromatic rings. The van der Waals surface area contributed by atoms with Gasteiger partial charge in [-0.3, -0.25) is 4.79 Å². The van der Waals surface area contributed by atoms with Crippen molar-refractivity contribution in [1.29, 1.82) is 5.26 Å². The number of sulfone groups is 1. The van der Waals surface area contributed by atoms with Crippen molar-refractivity contribution >= 4 is 34.2 Å². The Labute approximate surface area is 194 Å². The van der Waals surface area contributed by atoms with Crippen LogP contribution in [0.4, 0.5) is 13.2 Å². The lowest BCUT2D eigenvalue weighted by Gasteiger charge is -2.15. The van der Waals surface area contributed by atoms with Crippen LogP contribution in [-0.2, 0) is 15.3 Å². The van der Waals surface area contributed by atoms with Crippen molar-refractivity contribution in [2.24, 2.45) is 4.99 Å². The summed E-state index contributed by atoms with van der Waals surface area (Å²) in [4.78, 5) is 20.1. The Bertz CT molecular complexity index is 1160. The van der Waals surface area contributed by atoms with Crippen LogP contribution in [0.25, 0.3) is 0 Å². The van der Waals surface area contributed by atoms with Crippen LogP contribution in [0.2, 0.25) is 0 Å². The van der Waals surface area contributed by atoms with E-state index in [4.69, 9.17) is 0 Å². The number of aliphatic imine (C=N–C) groups is 1. The lowest BCUT2D eigenvalue weighted by Crippen LogP contribution is -2.28. The van der Waals surface area contributed by atoms with Gasteiger partial charge < -0.3 is 10.6 Å². The molecule has 8 nitrogen and oxygen atoms in total. The summed E-state index contributed by atoms with van der Waals surface area (Å²) in [6, 6.07) is 3.41. The third-order valence-electron chi connectivity index (χ3n) is 4.82. The van der Waals surface area contributed by atoms with E-state index in [1.165, 1.54) is 33.2 Å². The number of nitrogens with one attached hydrogen (secondary N) is 2. The molecule has 1 aromatic heterocycles. The van der Waals surface area contributed by atoms with Crippen molar-refractivity contribution in [3.63, 3.8) is 0 Å². The number of hydrogen-bond acceptors (Lipinski definition) is 8. The Morgan fingerprint density at radius 1 is 1.45 bits per heavy atom. The van der Waals surface area contributed by atoms with Crippen LogP contribution in [0.15, 0.2) is 44.7 Å². The molecule has 1 aliphatic carbocycles. The van der Waals surface area contributed by atoms with E-state index < -0.39 is 32.4 Å². The van der Waals surface area contributed by atoms with Gasteiger partial charge in [0.1, 0.15) is 11.5 Å². The van der Waals surface area contributed by atoms with E-state index in [1.807, 2.05) is 0 Å². The fraction of sp³-hybridized carbons (Fsp3) is 0.400. The molecule has 33 heavy (non-hydrogen) atoms. The number of pyridine rings is 1. The molecule has 1 aliphatic rings. The molecule has 0 radical (unpaired) electrons. The third-order valence-corrected chi connectivity index (χ3v) is 7.23. The summed E-state index contributed by atoms with van der Waals surface area (Å²) in [7, 11) is -2.50. The van der Waals surface area contributed by atoms with Gasteiger partial charge in [0, 0.05) is 13.2 Å². The Kier molecular flexibility index (Phi) is 7.97. The standard InChI is InChI=1S/C20H22F3N5O3S2/c1-5-33(30,31)15-9-13(19(11-24)6-7-19)10-27-16(15)18(29)28-14(17(25-3)26-4)8-12(2)32-20(21,22)23/h8-10,26H,3,5-7H2,1-2,4H3,(H,28,29)/b12-8+,17-14-. The fourth-order valence-corrected chi connectivity index (χ4v) is 4.52. The summed E-state index contributed by atoms with van der Waals surface area (Å²) >= 11 is -0.385. The van der Waals surface area contributed by atoms with Crippen molar-refractivity contribution in [2.45, 2.75) is 42.5 Å². The number of nitriles is 1. The molecule has 0 bridgehead atoms. The lowest BCUT2D eigenvalue weighted by molar-refractivity contribution is -0.0322. The predicted molar refractivity (Wildman–Crippen MR) is 119 cm³/mol. The quantitative estimate of drug-likeness (QED) is 0.392. The van der Waals surface area contributed by atoms with Crippen LogP contribution < -0.4 is 10.6 Å². The largest absolute Gasteiger partial charge is 0.446 e. The maximum absolute atomic E-state index is 13.0. The first kappa shape index (κ1) is 26.4. The Morgan fingerprint density at radius 2 is 2.09 bits per heavy atom. The Balaban J connectivity index is 2.54. The molecule has 2 rings (SSSR count). The van der Waals surface area contributed by atoms with Gasteiger partial charge in [0.2, 0.25) is 0 Å². The average molecular weight is 502 g/mol. The molecule has 1 heterocycles. The summed E-state index contributed by atoms with van der Waals surface area (Å²) in [5, 5.41) is 14.4. The van der Waals surface area contributed by atoms with Crippen molar-refractivity contribution in [3.8, 4) is 6.07 Å². The van der Waals surface area contributed by atoms with Crippen LogP contribution >= 0.6 is 11.8 Å². The van der Waals surface area contributed by atoms with Gasteiger partial charge in [0.25, 0.3) is 5.91 Å². The van der Waals surface area contributed by atoms with Crippen LogP contribution in [-0.4, -0.2) is 44.3 Å². The maximum atomic E-state index is 13.0. The molecule has 1 saturated carbocycles. The highest BCUT2D eigenvalue weighted by Gasteiger charge is 2.46. The van der Waals surface area contributed by atoms with Crippen molar-refractivity contribution < 1.29 is 26.4 Å². The van der Waals surface area contributed by atoms with Crippen LogP contribution in [0.3, 0.4) is 0 Å². The average Bonchev–Trinajstić information content (AvgIpc) is 3.54. The second kappa shape index (κ2) is 9.96. The van der Waals surface area contributed by atoms with E-state index >= 15 is 0 Å². The van der Waals surface area contributed by atoms with Crippen LogP contribution in [0.5, 0.6) is 0 Å². The number of hydrogen-bond donors (Lipinski definition) is 2. The first-order valence-corrected chi connectivity index (χ1v) is 12.1. The van der Waals surface area contributed by atoms with Gasteiger partial charge in [-0.25, -0.2) is 18.4 Å². The first-order chi connectivity index (χ1) is 15.3. The van der Waals surface area contributed by atoms with Gasteiger partial charge in [-0.15, -0.1) is 0 Å². The number of halogens is 3. The van der Waals surface area contributed by atoms with E-state index in [1.54, 1.807) is 0 Å². The van der Waals surface area contributed by atoms with Crippen molar-refractivity contribution in [1.82, 2.24) is 15.6 Å². The topological polar surface area (TPSA) is 124 Å². The summed E-state index contributed by atoms with van der Waals surface area (Å²) < 4.78 is 63.5. The van der Waals surface area contributed by atoms with Gasteiger partial charge in [-0.2, -0.15) is 18.4 Å². The minimum Gasteiger partial charge on any atom is -0.371 e. The Morgan fingerprint density at radius 3 is 2.55 bits per heavy atom. The molecule has 0 spiro atoms. The zero-order chi connectivity index (χ0) is 25.0. The number of amides is 1.